The highest BCUT2D eigenvalue weighted by Crippen LogP contribution is 2.27. The third-order valence-corrected chi connectivity index (χ3v) is 3.18. The number of nitrogens with one attached hydrogen (secondary N) is 1. The standard InChI is InChI=1S/C13H18ClN5/c1-9(2)11-12(14)16-8-17-13(11)15-5-4-10-6-18-19(3)7-10/h6-9H,4-5H2,1-3H3,(H,15,16,17). The topological polar surface area (TPSA) is 55.6 Å². The molecule has 6 heteroatoms. The molecule has 0 atom stereocenters. The number of hydrogen-bond donors (Lipinski definition) is 1. The van der Waals surface area contributed by atoms with Gasteiger partial charge in [-0.1, -0.05) is 25.4 Å². The zero-order valence-corrected chi connectivity index (χ0v) is 12.1. The van der Waals surface area contributed by atoms with Crippen molar-refractivity contribution in [2.75, 3.05) is 11.9 Å². The lowest BCUT2D eigenvalue weighted by molar-refractivity contribution is 0.766. The van der Waals surface area contributed by atoms with E-state index < -0.39 is 0 Å². The van der Waals surface area contributed by atoms with Gasteiger partial charge < -0.3 is 5.32 Å². The molecule has 5 nitrogen and oxygen atoms in total. The largest absolute Gasteiger partial charge is 0.369 e. The maximum absolute atomic E-state index is 6.12. The van der Waals surface area contributed by atoms with Crippen molar-refractivity contribution >= 4 is 17.4 Å². The van der Waals surface area contributed by atoms with E-state index in [1.807, 2.05) is 19.4 Å². The molecule has 0 aliphatic carbocycles. The van der Waals surface area contributed by atoms with E-state index in [9.17, 15) is 0 Å². The molecule has 0 saturated carbocycles. The first-order valence-corrected chi connectivity index (χ1v) is 6.67. The van der Waals surface area contributed by atoms with Gasteiger partial charge in [-0.25, -0.2) is 9.97 Å². The summed E-state index contributed by atoms with van der Waals surface area (Å²) in [7, 11) is 1.91. The summed E-state index contributed by atoms with van der Waals surface area (Å²) >= 11 is 6.12. The summed E-state index contributed by atoms with van der Waals surface area (Å²) in [6.07, 6.45) is 6.27. The first-order valence-electron chi connectivity index (χ1n) is 6.29. The van der Waals surface area contributed by atoms with Crippen molar-refractivity contribution in [3.63, 3.8) is 0 Å². The van der Waals surface area contributed by atoms with Crippen LogP contribution >= 0.6 is 11.6 Å². The molecule has 2 rings (SSSR count). The molecule has 2 heterocycles. The van der Waals surface area contributed by atoms with Gasteiger partial charge in [0.05, 0.1) is 6.20 Å². The summed E-state index contributed by atoms with van der Waals surface area (Å²) in [5.74, 6) is 1.11. The van der Waals surface area contributed by atoms with Crippen LogP contribution in [0.2, 0.25) is 5.15 Å². The number of aryl methyl sites for hydroxylation is 1. The Kier molecular flexibility index (Phi) is 4.37. The molecule has 0 spiro atoms. The molecule has 0 radical (unpaired) electrons. The lowest BCUT2D eigenvalue weighted by Gasteiger charge is -2.13. The van der Waals surface area contributed by atoms with Gasteiger partial charge in [-0.2, -0.15) is 5.10 Å². The molecule has 0 aliphatic rings. The maximum Gasteiger partial charge on any atom is 0.138 e. The van der Waals surface area contributed by atoms with Crippen molar-refractivity contribution in [3.05, 3.63) is 35.0 Å². The van der Waals surface area contributed by atoms with Gasteiger partial charge in [0, 0.05) is 25.4 Å². The summed E-state index contributed by atoms with van der Waals surface area (Å²) in [6, 6.07) is 0. The second-order valence-corrected chi connectivity index (χ2v) is 5.14. The highest BCUT2D eigenvalue weighted by molar-refractivity contribution is 6.30. The Morgan fingerprint density at radius 3 is 2.79 bits per heavy atom. The summed E-state index contributed by atoms with van der Waals surface area (Å²) in [6.45, 7) is 4.95. The SMILES string of the molecule is CC(C)c1c(Cl)ncnc1NCCc1cnn(C)c1. The highest BCUT2D eigenvalue weighted by Gasteiger charge is 2.13. The molecule has 0 aromatic carbocycles. The van der Waals surface area contributed by atoms with E-state index in [4.69, 9.17) is 11.6 Å². The van der Waals surface area contributed by atoms with Gasteiger partial charge in [-0.3, -0.25) is 4.68 Å². The molecule has 0 aliphatic heterocycles. The van der Waals surface area contributed by atoms with Crippen LogP contribution < -0.4 is 5.32 Å². The van der Waals surface area contributed by atoms with Crippen molar-refractivity contribution in [2.24, 2.45) is 7.05 Å². The van der Waals surface area contributed by atoms with Crippen LogP contribution in [0, 0.1) is 0 Å². The smallest absolute Gasteiger partial charge is 0.138 e. The van der Waals surface area contributed by atoms with Gasteiger partial charge >= 0.3 is 0 Å². The molecule has 2 aromatic rings. The van der Waals surface area contributed by atoms with Gasteiger partial charge in [0.2, 0.25) is 0 Å². The van der Waals surface area contributed by atoms with Crippen molar-refractivity contribution < 1.29 is 0 Å². The fourth-order valence-electron chi connectivity index (χ4n) is 1.95. The van der Waals surface area contributed by atoms with Crippen LogP contribution in [0.4, 0.5) is 5.82 Å². The summed E-state index contributed by atoms with van der Waals surface area (Å²) in [4.78, 5) is 8.30. The minimum absolute atomic E-state index is 0.287. The molecule has 0 saturated heterocycles. The number of aromatic nitrogens is 4. The molecule has 0 bridgehead atoms. The molecule has 19 heavy (non-hydrogen) atoms. The Bertz CT molecular complexity index is 550. The van der Waals surface area contributed by atoms with Gasteiger partial charge in [-0.05, 0) is 17.9 Å². The molecule has 0 amide bonds. The van der Waals surface area contributed by atoms with Crippen LogP contribution in [-0.4, -0.2) is 26.3 Å². The zero-order valence-electron chi connectivity index (χ0n) is 11.4. The highest BCUT2D eigenvalue weighted by atomic mass is 35.5. The third-order valence-electron chi connectivity index (χ3n) is 2.88. The Balaban J connectivity index is 2.01. The normalized spacial score (nSPS) is 11.0. The maximum atomic E-state index is 6.12. The minimum atomic E-state index is 0.287. The second kappa shape index (κ2) is 6.02. The Labute approximate surface area is 118 Å². The Morgan fingerprint density at radius 1 is 1.37 bits per heavy atom. The molecular weight excluding hydrogens is 262 g/mol. The van der Waals surface area contributed by atoms with E-state index in [1.54, 1.807) is 4.68 Å². The molecule has 0 unspecified atom stereocenters. The number of anilines is 1. The van der Waals surface area contributed by atoms with E-state index in [0.717, 1.165) is 24.3 Å². The molecule has 1 N–H and O–H groups in total. The van der Waals surface area contributed by atoms with Gasteiger partial charge in [0.15, 0.2) is 0 Å². The van der Waals surface area contributed by atoms with Gasteiger partial charge in [0.1, 0.15) is 17.3 Å². The molecule has 0 fully saturated rings. The Hall–Kier alpha value is -1.62. The number of halogens is 1. The number of nitrogens with zero attached hydrogens (tertiary/aromatic N) is 4. The van der Waals surface area contributed by atoms with E-state index >= 15 is 0 Å². The summed E-state index contributed by atoms with van der Waals surface area (Å²) < 4.78 is 1.80. The fraction of sp³-hybridized carbons (Fsp3) is 0.462. The van der Waals surface area contributed by atoms with E-state index in [0.29, 0.717) is 5.15 Å². The lowest BCUT2D eigenvalue weighted by Crippen LogP contribution is -2.10. The van der Waals surface area contributed by atoms with Crippen LogP contribution in [0.1, 0.15) is 30.9 Å². The summed E-state index contributed by atoms with van der Waals surface area (Å²) in [5, 5.41) is 7.99. The van der Waals surface area contributed by atoms with Crippen LogP contribution in [-0.2, 0) is 13.5 Å². The second-order valence-electron chi connectivity index (χ2n) is 4.78. The van der Waals surface area contributed by atoms with Crippen LogP contribution in [0.25, 0.3) is 0 Å². The van der Waals surface area contributed by atoms with Crippen LogP contribution in [0.3, 0.4) is 0 Å². The third kappa shape index (κ3) is 3.44. The van der Waals surface area contributed by atoms with Crippen molar-refractivity contribution in [1.29, 1.82) is 0 Å². The first kappa shape index (κ1) is 13.8. The van der Waals surface area contributed by atoms with Gasteiger partial charge in [0.25, 0.3) is 0 Å². The molecular formula is C13H18ClN5. The van der Waals surface area contributed by atoms with Gasteiger partial charge in [-0.15, -0.1) is 0 Å². The average Bonchev–Trinajstić information content (AvgIpc) is 2.74. The lowest BCUT2D eigenvalue weighted by atomic mass is 10.1. The van der Waals surface area contributed by atoms with Crippen LogP contribution in [0.15, 0.2) is 18.7 Å². The molecule has 102 valence electrons. The Morgan fingerprint density at radius 2 is 2.16 bits per heavy atom. The zero-order chi connectivity index (χ0) is 13.8. The molecule has 2 aromatic heterocycles. The monoisotopic (exact) mass is 279 g/mol. The average molecular weight is 280 g/mol. The fourth-order valence-corrected chi connectivity index (χ4v) is 2.30. The van der Waals surface area contributed by atoms with E-state index in [1.165, 1.54) is 11.9 Å². The predicted octanol–water partition coefficient (Wildman–Crippen LogP) is 2.64. The van der Waals surface area contributed by atoms with E-state index in [-0.39, 0.29) is 5.92 Å². The van der Waals surface area contributed by atoms with Crippen molar-refractivity contribution in [2.45, 2.75) is 26.2 Å². The van der Waals surface area contributed by atoms with Crippen LogP contribution in [0.5, 0.6) is 0 Å². The number of rotatable bonds is 5. The summed E-state index contributed by atoms with van der Waals surface area (Å²) in [5.41, 5.74) is 2.16. The minimum Gasteiger partial charge on any atom is -0.369 e. The van der Waals surface area contributed by atoms with E-state index in [2.05, 4.69) is 34.2 Å². The van der Waals surface area contributed by atoms with Crippen molar-refractivity contribution in [1.82, 2.24) is 19.7 Å². The van der Waals surface area contributed by atoms with Crippen molar-refractivity contribution in [3.8, 4) is 0 Å². The number of hydrogen-bond acceptors (Lipinski definition) is 4. The predicted molar refractivity (Wildman–Crippen MR) is 76.5 cm³/mol. The first-order chi connectivity index (χ1) is 9.08. The quantitative estimate of drug-likeness (QED) is 0.855.